The van der Waals surface area contributed by atoms with Crippen LogP contribution in [0, 0.1) is 0 Å². The zero-order valence-electron chi connectivity index (χ0n) is 18.6. The zero-order chi connectivity index (χ0) is 20.6. The van der Waals surface area contributed by atoms with Crippen LogP contribution in [-0.2, 0) is 4.79 Å². The van der Waals surface area contributed by atoms with Crippen LogP contribution in [0.4, 0.5) is 5.69 Å². The van der Waals surface area contributed by atoms with Crippen molar-refractivity contribution in [2.45, 2.75) is 25.3 Å². The number of rotatable bonds is 6. The predicted molar refractivity (Wildman–Crippen MR) is 135 cm³/mol. The first-order valence-electron chi connectivity index (χ1n) is 10.8. The summed E-state index contributed by atoms with van der Waals surface area (Å²) in [5.41, 5.74) is 1.29. The summed E-state index contributed by atoms with van der Waals surface area (Å²) in [4.78, 5) is 25.6. The number of halogens is 1. The molecule has 2 fully saturated rings. The number of anilines is 1. The lowest BCUT2D eigenvalue weighted by atomic mass is 10.2. The van der Waals surface area contributed by atoms with E-state index in [9.17, 15) is 4.79 Å². The van der Waals surface area contributed by atoms with Gasteiger partial charge in [-0.1, -0.05) is 18.2 Å². The number of nitrogens with one attached hydrogen (secondary N) is 1. The third-order valence-electron chi connectivity index (χ3n) is 5.91. The minimum Gasteiger partial charge on any atom is -0.368 e. The fourth-order valence-corrected chi connectivity index (χ4v) is 4.30. The van der Waals surface area contributed by atoms with Crippen LogP contribution in [0.1, 0.15) is 19.3 Å². The Bertz CT molecular complexity index is 675. The number of aliphatic imine (C=N–C) groups is 1. The maximum Gasteiger partial charge on any atom is 0.239 e. The largest absolute Gasteiger partial charge is 0.368 e. The highest BCUT2D eigenvalue weighted by Crippen LogP contribution is 2.19. The molecular weight excluding hydrogens is 491 g/mol. The Hall–Kier alpha value is -1.55. The van der Waals surface area contributed by atoms with Gasteiger partial charge in [-0.3, -0.25) is 14.7 Å². The highest BCUT2D eigenvalue weighted by Gasteiger charge is 2.31. The minimum absolute atomic E-state index is 0. The molecule has 0 bridgehead atoms. The number of benzene rings is 1. The maximum atomic E-state index is 12.3. The Balaban J connectivity index is 0.00000320. The molecule has 0 radical (unpaired) electrons. The molecular formula is C22H37IN6O. The second kappa shape index (κ2) is 12.3. The molecule has 1 atom stereocenters. The summed E-state index contributed by atoms with van der Waals surface area (Å²) in [7, 11) is 5.56. The topological polar surface area (TPSA) is 54.4 Å². The van der Waals surface area contributed by atoms with Crippen molar-refractivity contribution in [2.24, 2.45) is 4.99 Å². The fourth-order valence-electron chi connectivity index (χ4n) is 4.30. The molecule has 1 N–H and O–H groups in total. The molecule has 8 heteroatoms. The van der Waals surface area contributed by atoms with Gasteiger partial charge in [0, 0.05) is 66.1 Å². The third kappa shape index (κ3) is 6.47. The van der Waals surface area contributed by atoms with Gasteiger partial charge >= 0.3 is 0 Å². The minimum atomic E-state index is 0. The number of hydrogen-bond donors (Lipinski definition) is 1. The van der Waals surface area contributed by atoms with Gasteiger partial charge in [-0.2, -0.15) is 0 Å². The first-order chi connectivity index (χ1) is 14.1. The number of carbonyl (C=O) groups excluding carboxylic acids is 1. The first kappa shape index (κ1) is 24.7. The van der Waals surface area contributed by atoms with Crippen LogP contribution in [0.5, 0.6) is 0 Å². The number of guanidine groups is 1. The van der Waals surface area contributed by atoms with Gasteiger partial charge in [0.15, 0.2) is 5.96 Å². The monoisotopic (exact) mass is 528 g/mol. The van der Waals surface area contributed by atoms with Crippen molar-refractivity contribution < 1.29 is 4.79 Å². The summed E-state index contributed by atoms with van der Waals surface area (Å²) in [6, 6.07) is 10.7. The molecule has 0 spiro atoms. The van der Waals surface area contributed by atoms with Gasteiger partial charge in [0.2, 0.25) is 5.91 Å². The van der Waals surface area contributed by atoms with Crippen molar-refractivity contribution in [3.8, 4) is 0 Å². The Morgan fingerprint density at radius 1 is 1.13 bits per heavy atom. The summed E-state index contributed by atoms with van der Waals surface area (Å²) in [6.07, 6.45) is 3.11. The van der Waals surface area contributed by atoms with Crippen LogP contribution in [0.15, 0.2) is 35.3 Å². The third-order valence-corrected chi connectivity index (χ3v) is 5.91. The van der Waals surface area contributed by atoms with Crippen molar-refractivity contribution in [3.05, 3.63) is 30.3 Å². The number of likely N-dealkylation sites (tertiary alicyclic amines) is 1. The van der Waals surface area contributed by atoms with Gasteiger partial charge in [-0.15, -0.1) is 24.0 Å². The summed E-state index contributed by atoms with van der Waals surface area (Å²) in [6.45, 7) is 6.82. The lowest BCUT2D eigenvalue weighted by molar-refractivity contribution is -0.133. The first-order valence-corrected chi connectivity index (χ1v) is 10.8. The number of nitrogens with zero attached hydrogens (tertiary/aromatic N) is 5. The molecule has 30 heavy (non-hydrogen) atoms. The highest BCUT2D eigenvalue weighted by atomic mass is 127. The van der Waals surface area contributed by atoms with Crippen molar-refractivity contribution in [1.82, 2.24) is 20.0 Å². The molecule has 0 aliphatic carbocycles. The zero-order valence-corrected chi connectivity index (χ0v) is 20.9. The number of hydrogen-bond acceptors (Lipinski definition) is 4. The van der Waals surface area contributed by atoms with E-state index in [4.69, 9.17) is 0 Å². The van der Waals surface area contributed by atoms with Crippen LogP contribution in [0.2, 0.25) is 0 Å². The summed E-state index contributed by atoms with van der Waals surface area (Å²) >= 11 is 0. The lowest BCUT2D eigenvalue weighted by Crippen LogP contribution is -2.52. The van der Waals surface area contributed by atoms with E-state index in [2.05, 4.69) is 55.3 Å². The molecule has 2 saturated heterocycles. The van der Waals surface area contributed by atoms with Crippen LogP contribution in [0.25, 0.3) is 0 Å². The summed E-state index contributed by atoms with van der Waals surface area (Å²) in [5, 5.41) is 3.52. The van der Waals surface area contributed by atoms with Gasteiger partial charge in [-0.05, 0) is 37.9 Å². The van der Waals surface area contributed by atoms with Gasteiger partial charge < -0.3 is 20.0 Å². The molecule has 1 aromatic rings. The van der Waals surface area contributed by atoms with Crippen LogP contribution < -0.4 is 10.2 Å². The molecule has 7 nitrogen and oxygen atoms in total. The Morgan fingerprint density at radius 2 is 1.83 bits per heavy atom. The summed E-state index contributed by atoms with van der Waals surface area (Å²) in [5.74, 6) is 1.22. The quantitative estimate of drug-likeness (QED) is 0.265. The number of amides is 1. The van der Waals surface area contributed by atoms with Crippen molar-refractivity contribution >= 4 is 41.5 Å². The lowest BCUT2D eigenvalue weighted by Gasteiger charge is -2.37. The predicted octanol–water partition coefficient (Wildman–Crippen LogP) is 1.94. The average molecular weight is 528 g/mol. The van der Waals surface area contributed by atoms with E-state index in [1.54, 1.807) is 4.90 Å². The standard InChI is InChI=1S/C22H36N6O.HI/c1-23-22(28-17-15-26(16-18-28)19-9-5-4-6-10-19)24-12-8-14-27-13-7-11-20(27)21(29)25(2)3;/h4-6,9-10,20H,7-8,11-18H2,1-3H3,(H,23,24);1H. The van der Waals surface area contributed by atoms with E-state index >= 15 is 0 Å². The Morgan fingerprint density at radius 3 is 2.47 bits per heavy atom. The molecule has 2 aliphatic rings. The normalized spacial score (nSPS) is 20.1. The molecule has 3 rings (SSSR count). The van der Waals surface area contributed by atoms with Crippen LogP contribution in [0.3, 0.4) is 0 Å². The van der Waals surface area contributed by atoms with Gasteiger partial charge in [0.1, 0.15) is 0 Å². The Kier molecular flexibility index (Phi) is 10.2. The molecule has 1 unspecified atom stereocenters. The van der Waals surface area contributed by atoms with Crippen molar-refractivity contribution in [2.75, 3.05) is 71.9 Å². The average Bonchev–Trinajstić information content (AvgIpc) is 3.22. The molecule has 0 saturated carbocycles. The second-order valence-electron chi connectivity index (χ2n) is 8.06. The molecule has 2 aliphatic heterocycles. The van der Waals surface area contributed by atoms with E-state index in [1.807, 2.05) is 21.1 Å². The summed E-state index contributed by atoms with van der Waals surface area (Å²) < 4.78 is 0. The van der Waals surface area contributed by atoms with Gasteiger partial charge in [0.25, 0.3) is 0 Å². The number of likely N-dealkylation sites (N-methyl/N-ethyl adjacent to an activating group) is 1. The van der Waals surface area contributed by atoms with E-state index < -0.39 is 0 Å². The maximum absolute atomic E-state index is 12.3. The number of piperazine rings is 1. The van der Waals surface area contributed by atoms with E-state index in [0.717, 1.165) is 71.0 Å². The highest BCUT2D eigenvalue weighted by molar-refractivity contribution is 14.0. The molecule has 0 aromatic heterocycles. The number of carbonyl (C=O) groups is 1. The number of para-hydroxylation sites is 1. The molecule has 1 aromatic carbocycles. The van der Waals surface area contributed by atoms with Crippen molar-refractivity contribution in [1.29, 1.82) is 0 Å². The molecule has 1 amide bonds. The smallest absolute Gasteiger partial charge is 0.239 e. The molecule has 168 valence electrons. The van der Waals surface area contributed by atoms with E-state index in [-0.39, 0.29) is 35.9 Å². The Labute approximate surface area is 198 Å². The van der Waals surface area contributed by atoms with Gasteiger partial charge in [0.05, 0.1) is 6.04 Å². The van der Waals surface area contributed by atoms with E-state index in [1.165, 1.54) is 5.69 Å². The van der Waals surface area contributed by atoms with Crippen LogP contribution >= 0.6 is 24.0 Å². The van der Waals surface area contributed by atoms with E-state index in [0.29, 0.717) is 0 Å². The van der Waals surface area contributed by atoms with Gasteiger partial charge in [-0.25, -0.2) is 0 Å². The molecule has 2 heterocycles. The van der Waals surface area contributed by atoms with Crippen molar-refractivity contribution in [3.63, 3.8) is 0 Å². The fraction of sp³-hybridized carbons (Fsp3) is 0.636. The van der Waals surface area contributed by atoms with Crippen LogP contribution in [-0.4, -0.2) is 99.6 Å². The second-order valence-corrected chi connectivity index (χ2v) is 8.06. The SMILES string of the molecule is CN=C(NCCCN1CCCC1C(=O)N(C)C)N1CCN(c2ccccc2)CC1.I.